The summed E-state index contributed by atoms with van der Waals surface area (Å²) in [6.45, 7) is 5.68. The lowest BCUT2D eigenvalue weighted by molar-refractivity contribution is -0.119. The van der Waals surface area contributed by atoms with Gasteiger partial charge in [0.1, 0.15) is 14.2 Å². The average Bonchev–Trinajstić information content (AvgIpc) is 3.60. The molecule has 1 aliphatic heterocycles. The van der Waals surface area contributed by atoms with E-state index in [0.29, 0.717) is 81.2 Å². The first-order valence-electron chi connectivity index (χ1n) is 16.9. The maximum Gasteiger partial charge on any atom is 0.273 e. The minimum atomic E-state index is -4.23. The molecule has 1 aromatic heterocycles. The van der Waals surface area contributed by atoms with Crippen LogP contribution in [0.25, 0.3) is 0 Å². The van der Waals surface area contributed by atoms with Gasteiger partial charge in [-0.05, 0) is 101 Å². The monoisotopic (exact) mass is 722 g/mol. The van der Waals surface area contributed by atoms with Crippen LogP contribution in [0.2, 0.25) is 0 Å². The summed E-state index contributed by atoms with van der Waals surface area (Å²) in [5, 5.41) is 24.2. The van der Waals surface area contributed by atoms with E-state index in [-0.39, 0.29) is 44.4 Å². The number of nitrogens with one attached hydrogen (secondary N) is 2. The van der Waals surface area contributed by atoms with Crippen molar-refractivity contribution in [3.8, 4) is 0 Å². The number of sulfonamides is 1. The third kappa shape index (κ3) is 9.85. The lowest BCUT2D eigenvalue weighted by atomic mass is 9.80. The van der Waals surface area contributed by atoms with Crippen LogP contribution in [0.3, 0.4) is 0 Å². The van der Waals surface area contributed by atoms with Gasteiger partial charge in [-0.25, -0.2) is 21.6 Å². The number of sulfone groups is 1. The molecule has 2 aliphatic rings. The Morgan fingerprint density at radius 2 is 1.85 bits per heavy atom. The van der Waals surface area contributed by atoms with Gasteiger partial charge in [-0.2, -0.15) is 0 Å². The normalized spacial score (nSPS) is 25.9. The highest BCUT2D eigenvalue weighted by Gasteiger charge is 2.42. The van der Waals surface area contributed by atoms with E-state index in [0.717, 1.165) is 5.56 Å². The molecule has 7 atom stereocenters. The van der Waals surface area contributed by atoms with Crippen LogP contribution < -0.4 is 10.0 Å². The number of hydrogen-bond acceptors (Lipinski definition) is 10. The van der Waals surface area contributed by atoms with E-state index < -0.39 is 43.2 Å². The number of ketones is 1. The molecule has 1 aromatic carbocycles. The Hall–Kier alpha value is -2.42. The molecule has 2 heterocycles. The molecule has 4 N–H and O–H groups in total. The third-order valence-corrected chi connectivity index (χ3v) is 15.4. The highest BCUT2D eigenvalue weighted by Crippen LogP contribution is 2.45. The van der Waals surface area contributed by atoms with E-state index in [2.05, 4.69) is 10.0 Å². The second kappa shape index (κ2) is 17.0. The van der Waals surface area contributed by atoms with Gasteiger partial charge in [-0.15, -0.1) is 11.3 Å². The number of aliphatic hydroxyl groups is 2. The van der Waals surface area contributed by atoms with Gasteiger partial charge in [-0.1, -0.05) is 49.4 Å². The SMILES string of the molecule is CCN[C@@H]1C[C@@H](C)S(=O)(=O)c2sc(S(=O)(=O)NC(=O)CCC/C=C\C[C@@H]3[C@@H](CC[C@@H](O)Cc4ccccc4)[C@H](CC(C)=O)C[C@@H]3O)cc21. The topological polar surface area (TPSA) is 167 Å². The van der Waals surface area contributed by atoms with Gasteiger partial charge in [0.15, 0.2) is 9.84 Å². The zero-order valence-electron chi connectivity index (χ0n) is 28.0. The van der Waals surface area contributed by atoms with Crippen molar-refractivity contribution < 1.29 is 36.6 Å². The molecular weight excluding hydrogens is 673 g/mol. The number of aliphatic hydroxyl groups excluding tert-OH is 2. The largest absolute Gasteiger partial charge is 0.393 e. The predicted molar refractivity (Wildman–Crippen MR) is 187 cm³/mol. The van der Waals surface area contributed by atoms with Crippen molar-refractivity contribution in [3.63, 3.8) is 0 Å². The zero-order valence-corrected chi connectivity index (χ0v) is 30.5. The first-order valence-corrected chi connectivity index (χ1v) is 20.8. The fourth-order valence-electron chi connectivity index (χ4n) is 7.23. The first-order chi connectivity index (χ1) is 22.7. The van der Waals surface area contributed by atoms with E-state index in [1.165, 1.54) is 6.07 Å². The van der Waals surface area contributed by atoms with Crippen LogP contribution in [0.5, 0.6) is 0 Å². The van der Waals surface area contributed by atoms with Crippen LogP contribution in [-0.4, -0.2) is 62.7 Å². The molecule has 0 spiro atoms. The molecule has 10 nitrogen and oxygen atoms in total. The van der Waals surface area contributed by atoms with Crippen molar-refractivity contribution in [2.45, 2.75) is 117 Å². The molecule has 0 saturated heterocycles. The molecule has 1 fully saturated rings. The predicted octanol–water partition coefficient (Wildman–Crippen LogP) is 4.86. The Bertz CT molecular complexity index is 1640. The van der Waals surface area contributed by atoms with Crippen molar-refractivity contribution in [3.05, 3.63) is 59.7 Å². The smallest absolute Gasteiger partial charge is 0.273 e. The maximum absolute atomic E-state index is 13.0. The third-order valence-electron chi connectivity index (χ3n) is 9.64. The summed E-state index contributed by atoms with van der Waals surface area (Å²) in [5.74, 6) is -0.449. The Labute approximate surface area is 289 Å². The molecule has 1 amide bonds. The van der Waals surface area contributed by atoms with Gasteiger partial charge in [0, 0.05) is 24.4 Å². The number of fused-ring (bicyclic) bond motifs is 1. The van der Waals surface area contributed by atoms with E-state index in [4.69, 9.17) is 0 Å². The molecular formula is C35H50N2O8S3. The molecule has 266 valence electrons. The minimum absolute atomic E-state index is 0.0291. The fraction of sp³-hybridized carbons (Fsp3) is 0.600. The Balaban J connectivity index is 1.28. The van der Waals surface area contributed by atoms with E-state index in [9.17, 15) is 36.6 Å². The van der Waals surface area contributed by atoms with Gasteiger partial charge in [0.25, 0.3) is 10.0 Å². The number of amides is 1. The van der Waals surface area contributed by atoms with Gasteiger partial charge < -0.3 is 20.3 Å². The van der Waals surface area contributed by atoms with E-state index in [1.54, 1.807) is 13.8 Å². The number of hydrogen-bond donors (Lipinski definition) is 4. The number of benzene rings is 1. The van der Waals surface area contributed by atoms with Crippen molar-refractivity contribution in [1.29, 1.82) is 0 Å². The number of unbranched alkanes of at least 4 members (excludes halogenated alkanes) is 1. The molecule has 0 radical (unpaired) electrons. The summed E-state index contributed by atoms with van der Waals surface area (Å²) < 4.78 is 53.8. The number of thiophene rings is 1. The van der Waals surface area contributed by atoms with Crippen molar-refractivity contribution in [2.24, 2.45) is 17.8 Å². The molecule has 1 saturated carbocycles. The first kappa shape index (κ1) is 38.4. The van der Waals surface area contributed by atoms with Gasteiger partial charge >= 0.3 is 0 Å². The molecule has 4 rings (SSSR count). The minimum Gasteiger partial charge on any atom is -0.393 e. The quantitative estimate of drug-likeness (QED) is 0.132. The summed E-state index contributed by atoms with van der Waals surface area (Å²) in [4.78, 5) is 24.6. The number of carbonyl (C=O) groups is 2. The van der Waals surface area contributed by atoms with Crippen LogP contribution in [0.4, 0.5) is 0 Å². The second-order valence-electron chi connectivity index (χ2n) is 13.4. The molecule has 2 aromatic rings. The highest BCUT2D eigenvalue weighted by molar-refractivity contribution is 7.95. The average molecular weight is 723 g/mol. The Morgan fingerprint density at radius 1 is 1.12 bits per heavy atom. The van der Waals surface area contributed by atoms with Crippen LogP contribution >= 0.6 is 11.3 Å². The van der Waals surface area contributed by atoms with Crippen LogP contribution in [0.1, 0.15) is 95.7 Å². The summed E-state index contributed by atoms with van der Waals surface area (Å²) in [6.07, 6.45) is 7.52. The Morgan fingerprint density at radius 3 is 2.54 bits per heavy atom. The molecule has 1 aliphatic carbocycles. The van der Waals surface area contributed by atoms with Gasteiger partial charge in [0.05, 0.1) is 17.5 Å². The standard InChI is InChI=1S/C35H50N2O8S3/c1-4-36-31-19-24(3)47(42,43)35-30(31)22-34(46-35)48(44,45)37-33(41)15-11-6-5-10-14-29-28(26(18-23(2)38)21-32(29)40)17-16-27(39)20-25-12-8-7-9-13-25/h5,7-10,12-13,22,24,26-29,31-32,36,39-40H,4,6,11,14-21H2,1-3H3,(H,37,41)/b10-5-/t24-,26-,27-,28+,29-,31-,32+/m1/s1. The summed E-state index contributed by atoms with van der Waals surface area (Å²) in [7, 11) is -7.89. The van der Waals surface area contributed by atoms with E-state index in [1.807, 2.05) is 49.4 Å². The molecule has 0 unspecified atom stereocenters. The summed E-state index contributed by atoms with van der Waals surface area (Å²) >= 11 is 0.685. The number of allylic oxidation sites excluding steroid dienone is 2. The number of rotatable bonds is 17. The highest BCUT2D eigenvalue weighted by atomic mass is 32.3. The fourth-order valence-corrected chi connectivity index (χ4v) is 12.2. The van der Waals surface area contributed by atoms with Crippen LogP contribution in [-0.2, 0) is 35.9 Å². The van der Waals surface area contributed by atoms with Crippen LogP contribution in [0.15, 0.2) is 57.0 Å². The van der Waals surface area contributed by atoms with Gasteiger partial charge in [-0.3, -0.25) is 4.79 Å². The summed E-state index contributed by atoms with van der Waals surface area (Å²) in [5.41, 5.74) is 1.50. The molecule has 48 heavy (non-hydrogen) atoms. The molecule has 13 heteroatoms. The van der Waals surface area contributed by atoms with Crippen molar-refractivity contribution in [1.82, 2.24) is 10.0 Å². The zero-order chi connectivity index (χ0) is 35.1. The maximum atomic E-state index is 13.0. The Kier molecular flexibility index (Phi) is 13.6. The van der Waals surface area contributed by atoms with Crippen molar-refractivity contribution >= 4 is 42.9 Å². The lowest BCUT2D eigenvalue weighted by Crippen LogP contribution is -2.33. The molecule has 0 bridgehead atoms. The van der Waals surface area contributed by atoms with Crippen LogP contribution in [0, 0.1) is 17.8 Å². The van der Waals surface area contributed by atoms with Gasteiger partial charge in [0.2, 0.25) is 5.91 Å². The lowest BCUT2D eigenvalue weighted by Gasteiger charge is -2.27. The van der Waals surface area contributed by atoms with Crippen molar-refractivity contribution in [2.75, 3.05) is 6.54 Å². The summed E-state index contributed by atoms with van der Waals surface area (Å²) in [6, 6.07) is 10.9. The number of Topliss-reactive ketones (excluding diaryl/α,β-unsaturated/α-hetero) is 1. The second-order valence-corrected chi connectivity index (χ2v) is 18.9. The number of carbonyl (C=O) groups excluding carboxylic acids is 2. The van der Waals surface area contributed by atoms with E-state index >= 15 is 0 Å².